The summed E-state index contributed by atoms with van der Waals surface area (Å²) in [5.41, 5.74) is 0. The Labute approximate surface area is 152 Å². The zero-order chi connectivity index (χ0) is 17.7. The smallest absolute Gasteiger partial charge is 0.287 e. The molecule has 0 bridgehead atoms. The van der Waals surface area contributed by atoms with Crippen LogP contribution in [0, 0.1) is 17.8 Å². The molecule has 136 valence electrons. The summed E-state index contributed by atoms with van der Waals surface area (Å²) in [6, 6.07) is 9.83. The van der Waals surface area contributed by atoms with E-state index in [4.69, 9.17) is 4.52 Å². The summed E-state index contributed by atoms with van der Waals surface area (Å²) in [5.74, 6) is 1.74. The van der Waals surface area contributed by atoms with Crippen LogP contribution in [0.5, 0.6) is 0 Å². The van der Waals surface area contributed by atoms with E-state index in [2.05, 4.69) is 34.6 Å². The van der Waals surface area contributed by atoms with Gasteiger partial charge in [-0.2, -0.15) is 0 Å². The minimum absolute atomic E-state index is 0.108. The molecule has 0 saturated heterocycles. The molecule has 1 saturated carbocycles. The van der Waals surface area contributed by atoms with Crippen molar-refractivity contribution >= 4 is 23.3 Å². The maximum absolute atomic E-state index is 13.9. The minimum Gasteiger partial charge on any atom is -0.314 e. The lowest BCUT2D eigenvalue weighted by Crippen LogP contribution is -2.34. The summed E-state index contributed by atoms with van der Waals surface area (Å²) in [7, 11) is 0. The van der Waals surface area contributed by atoms with Gasteiger partial charge in [0.2, 0.25) is 0 Å². The highest BCUT2D eigenvalue weighted by atomic mass is 32.7. The molecule has 1 aromatic carbocycles. The van der Waals surface area contributed by atoms with Gasteiger partial charge in [0.1, 0.15) is 0 Å². The van der Waals surface area contributed by atoms with Crippen LogP contribution in [0.2, 0.25) is 0 Å². The summed E-state index contributed by atoms with van der Waals surface area (Å²) >= 11 is 1.54. The fourth-order valence-corrected chi connectivity index (χ4v) is 8.61. The Morgan fingerprint density at radius 3 is 2.46 bits per heavy atom. The standard InChI is InChI=1S/C20H33O2PS/c1-6-17(5)24-23(21,18-10-8-7-9-11-18)22-20-14-16(4)12-13-19(20)15(2)3/h7-11,15-17,19-20H,6,12-14H2,1-5H3/t16-,17?,19+,20-,23?/m1/s1. The maximum atomic E-state index is 13.9. The predicted molar refractivity (Wildman–Crippen MR) is 107 cm³/mol. The van der Waals surface area contributed by atoms with E-state index in [0.29, 0.717) is 23.0 Å². The lowest BCUT2D eigenvalue weighted by molar-refractivity contribution is 0.0526. The Hall–Kier alpha value is -0.240. The second-order valence-electron chi connectivity index (χ2n) is 7.63. The highest BCUT2D eigenvalue weighted by Crippen LogP contribution is 2.63. The van der Waals surface area contributed by atoms with Gasteiger partial charge < -0.3 is 4.52 Å². The van der Waals surface area contributed by atoms with Crippen LogP contribution in [0.1, 0.15) is 60.3 Å². The topological polar surface area (TPSA) is 26.3 Å². The summed E-state index contributed by atoms with van der Waals surface area (Å²) in [6.07, 6.45) is 4.58. The van der Waals surface area contributed by atoms with Gasteiger partial charge in [0.05, 0.1) is 6.10 Å². The van der Waals surface area contributed by atoms with E-state index in [0.717, 1.165) is 18.1 Å². The number of hydrogen-bond donors (Lipinski definition) is 0. The minimum atomic E-state index is -2.90. The first kappa shape index (κ1) is 20.1. The van der Waals surface area contributed by atoms with Crippen molar-refractivity contribution in [1.29, 1.82) is 0 Å². The van der Waals surface area contributed by atoms with Gasteiger partial charge in [-0.25, -0.2) is 0 Å². The molecular formula is C20H33O2PS. The molecule has 2 nitrogen and oxygen atoms in total. The second kappa shape index (κ2) is 8.92. The third-order valence-electron chi connectivity index (χ3n) is 5.20. The fraction of sp³-hybridized carbons (Fsp3) is 0.700. The van der Waals surface area contributed by atoms with E-state index in [1.54, 1.807) is 11.4 Å². The van der Waals surface area contributed by atoms with E-state index in [9.17, 15) is 4.57 Å². The molecule has 0 heterocycles. The van der Waals surface area contributed by atoms with Crippen LogP contribution in [0.4, 0.5) is 0 Å². The zero-order valence-corrected chi connectivity index (χ0v) is 17.5. The van der Waals surface area contributed by atoms with Gasteiger partial charge in [0, 0.05) is 10.6 Å². The van der Waals surface area contributed by atoms with E-state index in [1.807, 2.05) is 30.3 Å². The average Bonchev–Trinajstić information content (AvgIpc) is 2.55. The Morgan fingerprint density at radius 2 is 1.88 bits per heavy atom. The number of rotatable bonds is 7. The molecule has 4 heteroatoms. The van der Waals surface area contributed by atoms with Crippen LogP contribution in [-0.2, 0) is 9.09 Å². The molecule has 0 amide bonds. The molecule has 2 rings (SSSR count). The molecule has 1 aliphatic carbocycles. The van der Waals surface area contributed by atoms with Crippen LogP contribution in [0.15, 0.2) is 30.3 Å². The van der Waals surface area contributed by atoms with Crippen molar-refractivity contribution < 1.29 is 9.09 Å². The molecule has 0 spiro atoms. The van der Waals surface area contributed by atoms with Crippen LogP contribution >= 0.6 is 18.0 Å². The van der Waals surface area contributed by atoms with Crippen LogP contribution in [-0.4, -0.2) is 11.4 Å². The normalized spacial score (nSPS) is 28.5. The molecular weight excluding hydrogens is 335 g/mol. The van der Waals surface area contributed by atoms with Gasteiger partial charge in [0.25, 0.3) is 6.57 Å². The molecule has 5 atom stereocenters. The van der Waals surface area contributed by atoms with Crippen LogP contribution in [0.3, 0.4) is 0 Å². The van der Waals surface area contributed by atoms with Crippen molar-refractivity contribution in [3.05, 3.63) is 30.3 Å². The number of benzene rings is 1. The Balaban J connectivity index is 2.28. The highest BCUT2D eigenvalue weighted by molar-refractivity contribution is 8.59. The highest BCUT2D eigenvalue weighted by Gasteiger charge is 2.38. The lowest BCUT2D eigenvalue weighted by atomic mass is 9.75. The van der Waals surface area contributed by atoms with E-state index < -0.39 is 6.57 Å². The Morgan fingerprint density at radius 1 is 1.21 bits per heavy atom. The molecule has 1 aliphatic rings. The number of hydrogen-bond acceptors (Lipinski definition) is 3. The van der Waals surface area contributed by atoms with Gasteiger partial charge in [-0.05, 0) is 49.1 Å². The van der Waals surface area contributed by atoms with Gasteiger partial charge in [0.15, 0.2) is 0 Å². The summed E-state index contributed by atoms with van der Waals surface area (Å²) in [5, 5.41) is 1.19. The van der Waals surface area contributed by atoms with Crippen molar-refractivity contribution in [1.82, 2.24) is 0 Å². The monoisotopic (exact) mass is 368 g/mol. The Kier molecular flexibility index (Phi) is 7.46. The zero-order valence-electron chi connectivity index (χ0n) is 15.8. The van der Waals surface area contributed by atoms with Crippen LogP contribution in [0.25, 0.3) is 0 Å². The van der Waals surface area contributed by atoms with Crippen molar-refractivity contribution in [2.24, 2.45) is 17.8 Å². The maximum Gasteiger partial charge on any atom is 0.287 e. The molecule has 24 heavy (non-hydrogen) atoms. The lowest BCUT2D eigenvalue weighted by Gasteiger charge is -2.39. The molecule has 1 fully saturated rings. The van der Waals surface area contributed by atoms with Crippen molar-refractivity contribution in [3.8, 4) is 0 Å². The van der Waals surface area contributed by atoms with E-state index in [-0.39, 0.29) is 6.10 Å². The van der Waals surface area contributed by atoms with Crippen molar-refractivity contribution in [2.45, 2.75) is 71.7 Å². The molecule has 0 N–H and O–H groups in total. The first-order valence-electron chi connectivity index (χ1n) is 9.38. The SMILES string of the molecule is CCC(C)SP(=O)(O[C@@H]1C[C@H](C)CC[C@H]1C(C)C)c1ccccc1. The van der Waals surface area contributed by atoms with Crippen molar-refractivity contribution in [2.75, 3.05) is 0 Å². The molecule has 0 radical (unpaired) electrons. The third kappa shape index (κ3) is 5.13. The van der Waals surface area contributed by atoms with E-state index in [1.165, 1.54) is 12.8 Å². The van der Waals surface area contributed by atoms with Crippen molar-refractivity contribution in [3.63, 3.8) is 0 Å². The molecule has 0 aliphatic heterocycles. The summed E-state index contributed by atoms with van der Waals surface area (Å²) in [6.45, 7) is 8.23. The average molecular weight is 369 g/mol. The summed E-state index contributed by atoms with van der Waals surface area (Å²) in [4.78, 5) is 0. The first-order chi connectivity index (χ1) is 11.4. The van der Waals surface area contributed by atoms with Gasteiger partial charge in [-0.15, -0.1) is 0 Å². The van der Waals surface area contributed by atoms with Crippen LogP contribution < -0.4 is 5.30 Å². The molecule has 2 unspecified atom stereocenters. The second-order valence-corrected chi connectivity index (χ2v) is 12.4. The van der Waals surface area contributed by atoms with Gasteiger partial charge in [-0.3, -0.25) is 4.57 Å². The predicted octanol–water partition coefficient (Wildman–Crippen LogP) is 6.51. The van der Waals surface area contributed by atoms with E-state index >= 15 is 0 Å². The molecule has 1 aromatic rings. The third-order valence-corrected chi connectivity index (χ3v) is 10.5. The Bertz CT molecular complexity index is 546. The first-order valence-corrected chi connectivity index (χ1v) is 12.5. The molecule has 0 aromatic heterocycles. The largest absolute Gasteiger partial charge is 0.314 e. The summed E-state index contributed by atoms with van der Waals surface area (Å²) < 4.78 is 20.4. The van der Waals surface area contributed by atoms with Gasteiger partial charge >= 0.3 is 0 Å². The van der Waals surface area contributed by atoms with Gasteiger partial charge in [-0.1, -0.05) is 70.6 Å². The quantitative estimate of drug-likeness (QED) is 0.513. The fourth-order valence-electron chi connectivity index (χ4n) is 3.48.